The number of aryl methyl sites for hydroxylation is 1. The molecule has 28 heavy (non-hydrogen) atoms. The topological polar surface area (TPSA) is 65.1 Å². The maximum Gasteiger partial charge on any atom is 0.418 e. The molecule has 3 aromatic rings. The number of aromatic nitrogens is 1. The van der Waals surface area contributed by atoms with E-state index in [9.17, 15) is 22.8 Å². The van der Waals surface area contributed by atoms with E-state index in [2.05, 4.69) is 0 Å². The van der Waals surface area contributed by atoms with E-state index < -0.39 is 23.1 Å². The van der Waals surface area contributed by atoms with Crippen molar-refractivity contribution in [3.05, 3.63) is 75.1 Å². The zero-order chi connectivity index (χ0) is 20.8. The first-order chi connectivity index (χ1) is 13.0. The van der Waals surface area contributed by atoms with Crippen molar-refractivity contribution in [1.29, 1.82) is 0 Å². The van der Waals surface area contributed by atoms with Gasteiger partial charge in [-0.1, -0.05) is 32.0 Å². The van der Waals surface area contributed by atoms with Crippen LogP contribution >= 0.6 is 0 Å². The van der Waals surface area contributed by atoms with E-state index in [-0.39, 0.29) is 22.6 Å². The van der Waals surface area contributed by atoms with Gasteiger partial charge < -0.3 is 10.3 Å². The summed E-state index contributed by atoms with van der Waals surface area (Å²) in [5.41, 5.74) is 4.77. The summed E-state index contributed by atoms with van der Waals surface area (Å²) in [4.78, 5) is 24.3. The van der Waals surface area contributed by atoms with Gasteiger partial charge in [0.25, 0.3) is 5.91 Å². The van der Waals surface area contributed by atoms with Crippen LogP contribution in [-0.2, 0) is 6.18 Å². The van der Waals surface area contributed by atoms with Crippen molar-refractivity contribution < 1.29 is 18.0 Å². The van der Waals surface area contributed by atoms with Gasteiger partial charge >= 0.3 is 6.18 Å². The average molecular weight is 388 g/mol. The van der Waals surface area contributed by atoms with Crippen molar-refractivity contribution in [3.63, 3.8) is 0 Å². The van der Waals surface area contributed by atoms with Gasteiger partial charge in [-0.05, 0) is 42.2 Å². The Hall–Kier alpha value is -3.09. The minimum Gasteiger partial charge on any atom is -0.365 e. The lowest BCUT2D eigenvalue weighted by atomic mass is 9.98. The maximum absolute atomic E-state index is 13.8. The van der Waals surface area contributed by atoms with Crippen molar-refractivity contribution >= 4 is 16.8 Å². The Bertz CT molecular complexity index is 1140. The van der Waals surface area contributed by atoms with Crippen LogP contribution in [0.4, 0.5) is 13.2 Å². The van der Waals surface area contributed by atoms with Crippen LogP contribution in [0.2, 0.25) is 0 Å². The lowest BCUT2D eigenvalue weighted by Crippen LogP contribution is -2.24. The van der Waals surface area contributed by atoms with Gasteiger partial charge in [0.2, 0.25) is 5.43 Å². The van der Waals surface area contributed by atoms with Crippen LogP contribution < -0.4 is 11.2 Å². The van der Waals surface area contributed by atoms with Crippen molar-refractivity contribution in [2.45, 2.75) is 32.9 Å². The van der Waals surface area contributed by atoms with Gasteiger partial charge in [-0.25, -0.2) is 0 Å². The van der Waals surface area contributed by atoms with Crippen LogP contribution in [0, 0.1) is 6.92 Å². The number of halogens is 3. The van der Waals surface area contributed by atoms with Crippen LogP contribution in [0.25, 0.3) is 16.6 Å². The van der Waals surface area contributed by atoms with E-state index >= 15 is 0 Å². The standard InChI is InChI=1S/C21H19F3N2O2/c1-11(2)13-7-8-17(16(9-13)21(22,23)24)26-10-15(20(25)28)19(27)14-6-4-5-12(3)18(14)26/h4-11H,1-3H3,(H2,25,28). The summed E-state index contributed by atoms with van der Waals surface area (Å²) in [6.45, 7) is 5.30. The summed E-state index contributed by atoms with van der Waals surface area (Å²) in [6.07, 6.45) is -3.52. The third-order valence-corrected chi connectivity index (χ3v) is 4.74. The highest BCUT2D eigenvalue weighted by Gasteiger charge is 2.35. The van der Waals surface area contributed by atoms with Gasteiger partial charge in [-0.2, -0.15) is 13.2 Å². The zero-order valence-corrected chi connectivity index (χ0v) is 15.6. The number of hydrogen-bond acceptors (Lipinski definition) is 2. The Morgan fingerprint density at radius 1 is 1.14 bits per heavy atom. The average Bonchev–Trinajstić information content (AvgIpc) is 2.61. The summed E-state index contributed by atoms with van der Waals surface area (Å²) < 4.78 is 42.8. The van der Waals surface area contributed by atoms with E-state index in [1.54, 1.807) is 39.0 Å². The summed E-state index contributed by atoms with van der Waals surface area (Å²) in [5.74, 6) is -1.08. The fourth-order valence-corrected chi connectivity index (χ4v) is 3.27. The molecule has 4 nitrogen and oxygen atoms in total. The number of nitrogens with zero attached hydrogens (tertiary/aromatic N) is 1. The Labute approximate surface area is 159 Å². The molecule has 3 rings (SSSR count). The molecule has 1 amide bonds. The first-order valence-electron chi connectivity index (χ1n) is 8.68. The van der Waals surface area contributed by atoms with Crippen molar-refractivity contribution in [3.8, 4) is 5.69 Å². The Kier molecular flexibility index (Phi) is 4.79. The van der Waals surface area contributed by atoms with E-state index in [0.717, 1.165) is 12.3 Å². The number of amides is 1. The van der Waals surface area contributed by atoms with Crippen LogP contribution in [0.1, 0.15) is 46.8 Å². The van der Waals surface area contributed by atoms with E-state index in [0.29, 0.717) is 16.6 Å². The number of alkyl halides is 3. The van der Waals surface area contributed by atoms with Crippen LogP contribution in [0.15, 0.2) is 47.4 Å². The minimum absolute atomic E-state index is 0.0937. The maximum atomic E-state index is 13.8. The normalized spacial score (nSPS) is 12.0. The molecule has 0 atom stereocenters. The van der Waals surface area contributed by atoms with Gasteiger partial charge in [0, 0.05) is 11.6 Å². The molecule has 0 radical (unpaired) electrons. The van der Waals surface area contributed by atoms with Crippen LogP contribution in [0.5, 0.6) is 0 Å². The minimum atomic E-state index is -4.62. The highest BCUT2D eigenvalue weighted by molar-refractivity contribution is 5.97. The molecule has 0 aliphatic carbocycles. The SMILES string of the molecule is Cc1cccc2c(=O)c(C(N)=O)cn(-c3ccc(C(C)C)cc3C(F)(F)F)c12. The quantitative estimate of drug-likeness (QED) is 0.716. The highest BCUT2D eigenvalue weighted by atomic mass is 19.4. The van der Waals surface area contributed by atoms with Gasteiger partial charge in [0.05, 0.1) is 16.8 Å². The molecule has 0 saturated heterocycles. The predicted molar refractivity (Wildman–Crippen MR) is 102 cm³/mol. The van der Waals surface area contributed by atoms with Crippen LogP contribution in [0.3, 0.4) is 0 Å². The highest BCUT2D eigenvalue weighted by Crippen LogP contribution is 2.37. The Balaban J connectivity index is 2.50. The molecular weight excluding hydrogens is 369 g/mol. The van der Waals surface area contributed by atoms with Gasteiger partial charge in [0.1, 0.15) is 5.56 Å². The van der Waals surface area contributed by atoms with Crippen molar-refractivity contribution in [1.82, 2.24) is 4.57 Å². The van der Waals surface area contributed by atoms with Crippen molar-refractivity contribution in [2.75, 3.05) is 0 Å². The lowest BCUT2D eigenvalue weighted by molar-refractivity contribution is -0.137. The smallest absolute Gasteiger partial charge is 0.365 e. The first-order valence-corrected chi connectivity index (χ1v) is 8.68. The molecule has 0 aliphatic rings. The van der Waals surface area contributed by atoms with Crippen molar-refractivity contribution in [2.24, 2.45) is 5.73 Å². The molecule has 0 unspecified atom stereocenters. The second-order valence-electron chi connectivity index (χ2n) is 7.01. The molecule has 0 spiro atoms. The van der Waals surface area contributed by atoms with Crippen LogP contribution in [-0.4, -0.2) is 10.5 Å². The summed E-state index contributed by atoms with van der Waals surface area (Å²) >= 11 is 0. The summed E-state index contributed by atoms with van der Waals surface area (Å²) in [5, 5.41) is 0.136. The monoisotopic (exact) mass is 388 g/mol. The largest absolute Gasteiger partial charge is 0.418 e. The molecule has 0 bridgehead atoms. The van der Waals surface area contributed by atoms with Gasteiger partial charge in [0.15, 0.2) is 0 Å². The molecule has 0 saturated carbocycles. The molecule has 0 aliphatic heterocycles. The van der Waals surface area contributed by atoms with Gasteiger partial charge in [-0.3, -0.25) is 9.59 Å². The number of fused-ring (bicyclic) bond motifs is 1. The third-order valence-electron chi connectivity index (χ3n) is 4.74. The molecule has 1 heterocycles. The third kappa shape index (κ3) is 3.28. The molecule has 2 N–H and O–H groups in total. The molecular formula is C21H19F3N2O2. The number of para-hydroxylation sites is 1. The number of benzene rings is 2. The number of nitrogens with two attached hydrogens (primary N) is 1. The number of carbonyl (C=O) groups is 1. The number of primary amides is 1. The summed E-state index contributed by atoms with van der Waals surface area (Å²) in [6, 6.07) is 8.86. The fraction of sp³-hybridized carbons (Fsp3) is 0.238. The second-order valence-corrected chi connectivity index (χ2v) is 7.01. The molecule has 2 aromatic carbocycles. The first kappa shape index (κ1) is 19.7. The number of pyridine rings is 1. The lowest BCUT2D eigenvalue weighted by Gasteiger charge is -2.20. The summed E-state index contributed by atoms with van der Waals surface area (Å²) in [7, 11) is 0. The molecule has 7 heteroatoms. The molecule has 146 valence electrons. The predicted octanol–water partition coefficient (Wildman–Crippen LogP) is 4.54. The number of carbonyl (C=O) groups excluding carboxylic acids is 1. The molecule has 0 fully saturated rings. The Morgan fingerprint density at radius 3 is 2.39 bits per heavy atom. The molecule has 1 aromatic heterocycles. The number of rotatable bonds is 3. The van der Waals surface area contributed by atoms with E-state index in [1.807, 2.05) is 0 Å². The van der Waals surface area contributed by atoms with E-state index in [1.165, 1.54) is 16.7 Å². The zero-order valence-electron chi connectivity index (χ0n) is 15.6. The number of hydrogen-bond donors (Lipinski definition) is 1. The van der Waals surface area contributed by atoms with Gasteiger partial charge in [-0.15, -0.1) is 0 Å². The fourth-order valence-electron chi connectivity index (χ4n) is 3.27. The second kappa shape index (κ2) is 6.82. The Morgan fingerprint density at radius 2 is 1.82 bits per heavy atom. The van der Waals surface area contributed by atoms with E-state index in [4.69, 9.17) is 5.73 Å².